The summed E-state index contributed by atoms with van der Waals surface area (Å²) in [6.45, 7) is 8.32. The number of rotatable bonds is 3. The number of aryl methyl sites for hydroxylation is 3. The van der Waals surface area contributed by atoms with Gasteiger partial charge in [0.05, 0.1) is 0 Å². The maximum Gasteiger partial charge on any atom is 0.128 e. The molecule has 0 saturated carbocycles. The highest BCUT2D eigenvalue weighted by molar-refractivity contribution is 5.40. The fourth-order valence-electron chi connectivity index (χ4n) is 2.89. The highest BCUT2D eigenvalue weighted by Gasteiger charge is 2.21. The van der Waals surface area contributed by atoms with Crippen molar-refractivity contribution in [3.05, 3.63) is 53.2 Å². The van der Waals surface area contributed by atoms with Gasteiger partial charge in [0.25, 0.3) is 0 Å². The molecule has 0 spiro atoms. The number of pyridine rings is 1. The zero-order valence-corrected chi connectivity index (χ0v) is 13.7. The Morgan fingerprint density at radius 3 is 2.45 bits per heavy atom. The lowest BCUT2D eigenvalue weighted by atomic mass is 10.1. The van der Waals surface area contributed by atoms with Gasteiger partial charge in [-0.3, -0.25) is 0 Å². The molecule has 0 atom stereocenters. The van der Waals surface area contributed by atoms with Gasteiger partial charge in [-0.15, -0.1) is 0 Å². The van der Waals surface area contributed by atoms with Crippen LogP contribution >= 0.6 is 0 Å². The van der Waals surface area contributed by atoms with E-state index in [2.05, 4.69) is 54.1 Å². The number of hydrogen-bond donors (Lipinski definition) is 0. The molecule has 1 aromatic heterocycles. The summed E-state index contributed by atoms with van der Waals surface area (Å²) in [6, 6.07) is 12.6. The van der Waals surface area contributed by atoms with Crippen LogP contribution in [0.15, 0.2) is 36.4 Å². The summed E-state index contributed by atoms with van der Waals surface area (Å²) in [5.74, 6) is 2.08. The molecule has 116 valence electrons. The van der Waals surface area contributed by atoms with E-state index in [-0.39, 0.29) is 0 Å². The number of anilines is 1. The van der Waals surface area contributed by atoms with Crippen molar-refractivity contribution in [3.63, 3.8) is 0 Å². The number of ether oxygens (including phenoxy) is 1. The average Bonchev–Trinajstić information content (AvgIpc) is 2.52. The Morgan fingerprint density at radius 1 is 1.00 bits per heavy atom. The summed E-state index contributed by atoms with van der Waals surface area (Å²) in [4.78, 5) is 6.97. The number of nitrogens with zero attached hydrogens (tertiary/aromatic N) is 2. The Bertz CT molecular complexity index is 646. The molecule has 0 unspecified atom stereocenters. The standard InChI is InChI=1S/C19H24N2O/c1-14-7-8-18(13-15(14)2)22-17-9-11-21(12-10-17)19-6-4-5-16(3)20-19/h4-8,13,17H,9-12H2,1-3H3. The Morgan fingerprint density at radius 2 is 1.77 bits per heavy atom. The molecule has 0 amide bonds. The molecule has 2 heterocycles. The van der Waals surface area contributed by atoms with Crippen LogP contribution in [0.25, 0.3) is 0 Å². The molecule has 1 fully saturated rings. The van der Waals surface area contributed by atoms with Crippen molar-refractivity contribution in [3.8, 4) is 5.75 Å². The molecule has 3 heteroatoms. The highest BCUT2D eigenvalue weighted by atomic mass is 16.5. The van der Waals surface area contributed by atoms with Gasteiger partial charge in [-0.25, -0.2) is 4.98 Å². The van der Waals surface area contributed by atoms with E-state index >= 15 is 0 Å². The molecule has 0 N–H and O–H groups in total. The van der Waals surface area contributed by atoms with E-state index in [1.807, 2.05) is 13.0 Å². The highest BCUT2D eigenvalue weighted by Crippen LogP contribution is 2.23. The van der Waals surface area contributed by atoms with E-state index < -0.39 is 0 Å². The maximum absolute atomic E-state index is 6.15. The van der Waals surface area contributed by atoms with E-state index in [1.54, 1.807) is 0 Å². The first-order chi connectivity index (χ1) is 10.6. The SMILES string of the molecule is Cc1cccc(N2CCC(Oc3ccc(C)c(C)c3)CC2)n1. The fraction of sp³-hybridized carbons (Fsp3) is 0.421. The summed E-state index contributed by atoms with van der Waals surface area (Å²) in [6.07, 6.45) is 2.40. The van der Waals surface area contributed by atoms with Crippen molar-refractivity contribution in [2.75, 3.05) is 18.0 Å². The largest absolute Gasteiger partial charge is 0.490 e. The van der Waals surface area contributed by atoms with Crippen molar-refractivity contribution >= 4 is 5.82 Å². The Labute approximate surface area is 132 Å². The smallest absolute Gasteiger partial charge is 0.128 e. The molecule has 0 radical (unpaired) electrons. The van der Waals surface area contributed by atoms with E-state index in [9.17, 15) is 0 Å². The molecule has 0 aliphatic carbocycles. The minimum atomic E-state index is 0.308. The third kappa shape index (κ3) is 3.41. The molecule has 1 saturated heterocycles. The van der Waals surface area contributed by atoms with Crippen molar-refractivity contribution in [1.29, 1.82) is 0 Å². The topological polar surface area (TPSA) is 25.4 Å². The summed E-state index contributed by atoms with van der Waals surface area (Å²) in [5.41, 5.74) is 3.68. The van der Waals surface area contributed by atoms with E-state index in [4.69, 9.17) is 4.74 Å². The first-order valence-corrected chi connectivity index (χ1v) is 8.04. The third-order valence-electron chi connectivity index (χ3n) is 4.42. The van der Waals surface area contributed by atoms with Crippen LogP contribution in [0.4, 0.5) is 5.82 Å². The fourth-order valence-corrected chi connectivity index (χ4v) is 2.89. The van der Waals surface area contributed by atoms with Crippen LogP contribution < -0.4 is 9.64 Å². The normalized spacial score (nSPS) is 15.9. The molecule has 0 bridgehead atoms. The third-order valence-corrected chi connectivity index (χ3v) is 4.42. The van der Waals surface area contributed by atoms with Gasteiger partial charge >= 0.3 is 0 Å². The van der Waals surface area contributed by atoms with Crippen LogP contribution in [0.1, 0.15) is 29.7 Å². The molecule has 3 nitrogen and oxygen atoms in total. The molecule has 2 aromatic rings. The van der Waals surface area contributed by atoms with Gasteiger partial charge < -0.3 is 9.64 Å². The van der Waals surface area contributed by atoms with Gasteiger partial charge in [0.2, 0.25) is 0 Å². The van der Waals surface area contributed by atoms with Gasteiger partial charge in [0.15, 0.2) is 0 Å². The quantitative estimate of drug-likeness (QED) is 0.854. The second-order valence-electron chi connectivity index (χ2n) is 6.19. The molecule has 3 rings (SSSR count). The van der Waals surface area contributed by atoms with Crippen molar-refractivity contribution in [1.82, 2.24) is 4.98 Å². The monoisotopic (exact) mass is 296 g/mol. The van der Waals surface area contributed by atoms with Gasteiger partial charge in [0, 0.05) is 31.6 Å². The van der Waals surface area contributed by atoms with Crippen LogP contribution in [0.5, 0.6) is 5.75 Å². The van der Waals surface area contributed by atoms with Gasteiger partial charge in [0.1, 0.15) is 17.7 Å². The number of hydrogen-bond acceptors (Lipinski definition) is 3. The summed E-state index contributed by atoms with van der Waals surface area (Å²) >= 11 is 0. The molecular weight excluding hydrogens is 272 g/mol. The Hall–Kier alpha value is -2.03. The van der Waals surface area contributed by atoms with Gasteiger partial charge in [-0.2, -0.15) is 0 Å². The van der Waals surface area contributed by atoms with Crippen LogP contribution in [-0.4, -0.2) is 24.2 Å². The van der Waals surface area contributed by atoms with E-state index in [0.29, 0.717) is 6.10 Å². The number of aromatic nitrogens is 1. The van der Waals surface area contributed by atoms with Crippen LogP contribution in [-0.2, 0) is 0 Å². The minimum Gasteiger partial charge on any atom is -0.490 e. The summed E-state index contributed by atoms with van der Waals surface area (Å²) < 4.78 is 6.15. The zero-order valence-electron chi connectivity index (χ0n) is 13.7. The number of piperidine rings is 1. The first kappa shape index (κ1) is 14.9. The Kier molecular flexibility index (Phi) is 4.32. The lowest BCUT2D eigenvalue weighted by molar-refractivity contribution is 0.170. The predicted molar refractivity (Wildman–Crippen MR) is 90.8 cm³/mol. The lowest BCUT2D eigenvalue weighted by Crippen LogP contribution is -2.38. The molecule has 1 aliphatic heterocycles. The van der Waals surface area contributed by atoms with Gasteiger partial charge in [-0.05, 0) is 56.2 Å². The van der Waals surface area contributed by atoms with E-state index in [0.717, 1.165) is 43.2 Å². The minimum absolute atomic E-state index is 0.308. The van der Waals surface area contributed by atoms with Crippen molar-refractivity contribution < 1.29 is 4.74 Å². The van der Waals surface area contributed by atoms with Crippen LogP contribution in [0.2, 0.25) is 0 Å². The second kappa shape index (κ2) is 6.39. The first-order valence-electron chi connectivity index (χ1n) is 8.04. The van der Waals surface area contributed by atoms with Crippen molar-refractivity contribution in [2.45, 2.75) is 39.7 Å². The number of benzene rings is 1. The molecular formula is C19H24N2O. The molecule has 1 aromatic carbocycles. The molecule has 22 heavy (non-hydrogen) atoms. The van der Waals surface area contributed by atoms with Crippen LogP contribution in [0.3, 0.4) is 0 Å². The summed E-state index contributed by atoms with van der Waals surface area (Å²) in [7, 11) is 0. The Balaban J connectivity index is 1.58. The summed E-state index contributed by atoms with van der Waals surface area (Å²) in [5, 5.41) is 0. The average molecular weight is 296 g/mol. The maximum atomic E-state index is 6.15. The van der Waals surface area contributed by atoms with Crippen LogP contribution in [0, 0.1) is 20.8 Å². The predicted octanol–water partition coefficient (Wildman–Crippen LogP) is 4.05. The molecule has 1 aliphatic rings. The zero-order chi connectivity index (χ0) is 15.5. The second-order valence-corrected chi connectivity index (χ2v) is 6.19. The lowest BCUT2D eigenvalue weighted by Gasteiger charge is -2.33. The van der Waals surface area contributed by atoms with Gasteiger partial charge in [-0.1, -0.05) is 12.1 Å². The van der Waals surface area contributed by atoms with E-state index in [1.165, 1.54) is 11.1 Å². The van der Waals surface area contributed by atoms with Crippen molar-refractivity contribution in [2.24, 2.45) is 0 Å².